The van der Waals surface area contributed by atoms with Gasteiger partial charge in [-0.05, 0) is 39.7 Å². The predicted molar refractivity (Wildman–Crippen MR) is 75.5 cm³/mol. The summed E-state index contributed by atoms with van der Waals surface area (Å²) in [6, 6.07) is 1.22. The first kappa shape index (κ1) is 16.9. The second-order valence-corrected chi connectivity index (χ2v) is 5.58. The molecule has 3 nitrogen and oxygen atoms in total. The number of nitrogens with zero attached hydrogens (tertiary/aromatic N) is 1. The SMILES string of the molecule is COCCCNCC(C)N(CC(C)C)C(C)C. The maximum absolute atomic E-state index is 5.04. The third kappa shape index (κ3) is 8.58. The molecule has 0 aromatic heterocycles. The van der Waals surface area contributed by atoms with Gasteiger partial charge in [-0.1, -0.05) is 13.8 Å². The fraction of sp³-hybridized carbons (Fsp3) is 1.00. The number of rotatable bonds is 10. The van der Waals surface area contributed by atoms with Gasteiger partial charge in [-0.25, -0.2) is 0 Å². The highest BCUT2D eigenvalue weighted by molar-refractivity contribution is 4.74. The Hall–Kier alpha value is -0.120. The van der Waals surface area contributed by atoms with Crippen LogP contribution in [0.25, 0.3) is 0 Å². The lowest BCUT2D eigenvalue weighted by atomic mass is 10.1. The van der Waals surface area contributed by atoms with E-state index in [4.69, 9.17) is 4.74 Å². The van der Waals surface area contributed by atoms with E-state index < -0.39 is 0 Å². The zero-order valence-corrected chi connectivity index (χ0v) is 12.6. The Labute approximate surface area is 108 Å². The van der Waals surface area contributed by atoms with Gasteiger partial charge >= 0.3 is 0 Å². The molecule has 1 N–H and O–H groups in total. The van der Waals surface area contributed by atoms with Crippen LogP contribution in [-0.2, 0) is 4.74 Å². The fourth-order valence-corrected chi connectivity index (χ4v) is 2.09. The molecule has 0 spiro atoms. The largest absolute Gasteiger partial charge is 0.385 e. The van der Waals surface area contributed by atoms with E-state index in [9.17, 15) is 0 Å². The van der Waals surface area contributed by atoms with Crippen molar-refractivity contribution in [2.45, 2.75) is 53.1 Å². The van der Waals surface area contributed by atoms with Crippen LogP contribution < -0.4 is 5.32 Å². The first-order chi connectivity index (χ1) is 7.99. The van der Waals surface area contributed by atoms with Crippen molar-refractivity contribution in [3.05, 3.63) is 0 Å². The summed E-state index contributed by atoms with van der Waals surface area (Å²) < 4.78 is 5.04. The van der Waals surface area contributed by atoms with Crippen molar-refractivity contribution in [3.63, 3.8) is 0 Å². The lowest BCUT2D eigenvalue weighted by Crippen LogP contribution is -2.46. The molecule has 17 heavy (non-hydrogen) atoms. The monoisotopic (exact) mass is 244 g/mol. The van der Waals surface area contributed by atoms with Gasteiger partial charge in [0.05, 0.1) is 0 Å². The molecule has 0 fully saturated rings. The summed E-state index contributed by atoms with van der Waals surface area (Å²) in [6.45, 7) is 15.6. The molecule has 3 heteroatoms. The second kappa shape index (κ2) is 9.86. The van der Waals surface area contributed by atoms with E-state index in [0.717, 1.165) is 32.0 Å². The Kier molecular flexibility index (Phi) is 9.79. The molecule has 0 aliphatic carbocycles. The average Bonchev–Trinajstić information content (AvgIpc) is 2.24. The number of hydrogen-bond donors (Lipinski definition) is 1. The van der Waals surface area contributed by atoms with Gasteiger partial charge in [-0.15, -0.1) is 0 Å². The molecule has 0 radical (unpaired) electrons. The lowest BCUT2D eigenvalue weighted by Gasteiger charge is -2.34. The van der Waals surface area contributed by atoms with Gasteiger partial charge in [-0.2, -0.15) is 0 Å². The van der Waals surface area contributed by atoms with Crippen LogP contribution in [0.2, 0.25) is 0 Å². The van der Waals surface area contributed by atoms with Crippen molar-refractivity contribution in [1.29, 1.82) is 0 Å². The maximum Gasteiger partial charge on any atom is 0.0474 e. The molecule has 0 amide bonds. The minimum Gasteiger partial charge on any atom is -0.385 e. The Morgan fingerprint density at radius 3 is 2.24 bits per heavy atom. The van der Waals surface area contributed by atoms with E-state index in [-0.39, 0.29) is 0 Å². The number of hydrogen-bond acceptors (Lipinski definition) is 3. The Morgan fingerprint density at radius 2 is 1.76 bits per heavy atom. The fourth-order valence-electron chi connectivity index (χ4n) is 2.09. The van der Waals surface area contributed by atoms with Crippen molar-refractivity contribution in [2.24, 2.45) is 5.92 Å². The van der Waals surface area contributed by atoms with Crippen LogP contribution in [0.15, 0.2) is 0 Å². The molecule has 0 aromatic carbocycles. The summed E-state index contributed by atoms with van der Waals surface area (Å²) in [5, 5.41) is 3.51. The molecule has 0 saturated carbocycles. The van der Waals surface area contributed by atoms with E-state index >= 15 is 0 Å². The molecule has 0 aromatic rings. The molecule has 0 saturated heterocycles. The lowest BCUT2D eigenvalue weighted by molar-refractivity contribution is 0.141. The zero-order valence-electron chi connectivity index (χ0n) is 12.6. The minimum absolute atomic E-state index is 0.597. The van der Waals surface area contributed by atoms with Crippen LogP contribution in [-0.4, -0.2) is 50.3 Å². The third-order valence-electron chi connectivity index (χ3n) is 2.95. The standard InChI is InChI=1S/C14H32N2O/c1-12(2)11-16(13(3)4)14(5)10-15-8-7-9-17-6/h12-15H,7-11H2,1-6H3. The summed E-state index contributed by atoms with van der Waals surface area (Å²) in [4.78, 5) is 2.58. The Morgan fingerprint density at radius 1 is 1.12 bits per heavy atom. The second-order valence-electron chi connectivity index (χ2n) is 5.58. The molecule has 1 unspecified atom stereocenters. The smallest absolute Gasteiger partial charge is 0.0474 e. The molecule has 0 bridgehead atoms. The van der Waals surface area contributed by atoms with Crippen molar-refractivity contribution in [2.75, 3.05) is 33.4 Å². The van der Waals surface area contributed by atoms with Gasteiger partial charge in [0.1, 0.15) is 0 Å². The summed E-state index contributed by atoms with van der Waals surface area (Å²) in [7, 11) is 1.76. The summed E-state index contributed by atoms with van der Waals surface area (Å²) in [6.07, 6.45) is 1.09. The van der Waals surface area contributed by atoms with E-state index in [2.05, 4.69) is 44.8 Å². The van der Waals surface area contributed by atoms with Crippen molar-refractivity contribution in [1.82, 2.24) is 10.2 Å². The third-order valence-corrected chi connectivity index (χ3v) is 2.95. The molecule has 0 heterocycles. The molecular weight excluding hydrogens is 212 g/mol. The zero-order chi connectivity index (χ0) is 13.3. The van der Waals surface area contributed by atoms with Crippen LogP contribution in [0, 0.1) is 5.92 Å². The van der Waals surface area contributed by atoms with Gasteiger partial charge in [0, 0.05) is 38.9 Å². The highest BCUT2D eigenvalue weighted by Crippen LogP contribution is 2.08. The Balaban J connectivity index is 3.85. The highest BCUT2D eigenvalue weighted by atomic mass is 16.5. The highest BCUT2D eigenvalue weighted by Gasteiger charge is 2.17. The molecular formula is C14H32N2O. The molecule has 0 rings (SSSR count). The molecule has 104 valence electrons. The molecule has 0 aliphatic heterocycles. The van der Waals surface area contributed by atoms with Gasteiger partial charge in [0.15, 0.2) is 0 Å². The van der Waals surface area contributed by atoms with E-state index in [1.165, 1.54) is 6.54 Å². The molecule has 1 atom stereocenters. The normalized spacial score (nSPS) is 13.9. The van der Waals surface area contributed by atoms with Crippen LogP contribution in [0.1, 0.15) is 41.0 Å². The maximum atomic E-state index is 5.04. The van der Waals surface area contributed by atoms with Crippen molar-refractivity contribution < 1.29 is 4.74 Å². The number of nitrogens with one attached hydrogen (secondary N) is 1. The topological polar surface area (TPSA) is 24.5 Å². The first-order valence-corrected chi connectivity index (χ1v) is 6.94. The number of methoxy groups -OCH3 is 1. The van der Waals surface area contributed by atoms with Crippen molar-refractivity contribution in [3.8, 4) is 0 Å². The van der Waals surface area contributed by atoms with Gasteiger partial charge in [0.2, 0.25) is 0 Å². The predicted octanol–water partition coefficient (Wildman–Crippen LogP) is 2.37. The van der Waals surface area contributed by atoms with E-state index in [0.29, 0.717) is 12.1 Å². The van der Waals surface area contributed by atoms with Gasteiger partial charge in [-0.3, -0.25) is 4.90 Å². The summed E-state index contributed by atoms with van der Waals surface area (Å²) >= 11 is 0. The first-order valence-electron chi connectivity index (χ1n) is 6.94. The van der Waals surface area contributed by atoms with Crippen LogP contribution in [0.5, 0.6) is 0 Å². The summed E-state index contributed by atoms with van der Waals surface area (Å²) in [5.41, 5.74) is 0. The number of ether oxygens (including phenoxy) is 1. The van der Waals surface area contributed by atoms with Crippen LogP contribution in [0.3, 0.4) is 0 Å². The van der Waals surface area contributed by atoms with Gasteiger partial charge in [0.25, 0.3) is 0 Å². The van der Waals surface area contributed by atoms with Gasteiger partial charge < -0.3 is 10.1 Å². The van der Waals surface area contributed by atoms with Crippen molar-refractivity contribution >= 4 is 0 Å². The Bertz CT molecular complexity index is 172. The van der Waals surface area contributed by atoms with E-state index in [1.54, 1.807) is 7.11 Å². The molecule has 0 aliphatic rings. The van der Waals surface area contributed by atoms with E-state index in [1.807, 2.05) is 0 Å². The minimum atomic E-state index is 0.597. The quantitative estimate of drug-likeness (QED) is 0.597. The average molecular weight is 244 g/mol. The van der Waals surface area contributed by atoms with Crippen LogP contribution >= 0.6 is 0 Å². The van der Waals surface area contributed by atoms with Crippen LogP contribution in [0.4, 0.5) is 0 Å². The summed E-state index contributed by atoms with van der Waals surface area (Å²) in [5.74, 6) is 0.730.